The summed E-state index contributed by atoms with van der Waals surface area (Å²) in [6, 6.07) is 0. The van der Waals surface area contributed by atoms with Crippen LogP contribution in [0.5, 0.6) is 0 Å². The van der Waals surface area contributed by atoms with Gasteiger partial charge in [-0.25, -0.2) is 0 Å². The molecule has 0 aliphatic carbocycles. The van der Waals surface area contributed by atoms with Crippen LogP contribution in [-0.4, -0.2) is 32.0 Å². The van der Waals surface area contributed by atoms with Crippen molar-refractivity contribution < 1.29 is 4.79 Å². The van der Waals surface area contributed by atoms with E-state index >= 15 is 0 Å². The maximum atomic E-state index is 12.1. The van der Waals surface area contributed by atoms with Crippen molar-refractivity contribution in [1.29, 1.82) is 0 Å². The number of nitrogens with one attached hydrogen (secondary N) is 1. The van der Waals surface area contributed by atoms with Crippen molar-refractivity contribution in [3.05, 3.63) is 32.8 Å². The topological polar surface area (TPSA) is 64.7 Å². The van der Waals surface area contributed by atoms with Gasteiger partial charge in [0.25, 0.3) is 5.91 Å². The van der Waals surface area contributed by atoms with Crippen LogP contribution in [0.1, 0.15) is 35.2 Å². The molecule has 0 aromatic carbocycles. The molecule has 0 saturated carbocycles. The molecule has 120 valence electrons. The number of rotatable bonds is 6. The van der Waals surface area contributed by atoms with Gasteiger partial charge < -0.3 is 5.32 Å². The van der Waals surface area contributed by atoms with E-state index in [1.807, 2.05) is 25.5 Å². The van der Waals surface area contributed by atoms with Gasteiger partial charge in [-0.2, -0.15) is 10.2 Å². The number of carbonyl (C=O) groups excluding carboxylic acids is 1. The van der Waals surface area contributed by atoms with Crippen molar-refractivity contribution in [3.63, 3.8) is 0 Å². The zero-order valence-corrected chi connectivity index (χ0v) is 15.2. The van der Waals surface area contributed by atoms with E-state index in [0.29, 0.717) is 28.3 Å². The van der Waals surface area contributed by atoms with Crippen molar-refractivity contribution in [2.75, 3.05) is 6.54 Å². The van der Waals surface area contributed by atoms with Crippen molar-refractivity contribution >= 4 is 33.4 Å². The summed E-state index contributed by atoms with van der Waals surface area (Å²) in [5, 5.41) is 12.2. The molecule has 2 aromatic heterocycles. The van der Waals surface area contributed by atoms with Crippen molar-refractivity contribution in [2.24, 2.45) is 0 Å². The van der Waals surface area contributed by atoms with E-state index in [9.17, 15) is 4.79 Å². The second-order valence-corrected chi connectivity index (χ2v) is 6.23. The van der Waals surface area contributed by atoms with Gasteiger partial charge in [-0.05, 0) is 43.1 Å². The summed E-state index contributed by atoms with van der Waals surface area (Å²) in [6.07, 6.45) is 2.57. The zero-order valence-electron chi connectivity index (χ0n) is 12.9. The van der Waals surface area contributed by atoms with E-state index < -0.39 is 0 Å². The third-order valence-electron chi connectivity index (χ3n) is 3.38. The van der Waals surface area contributed by atoms with Gasteiger partial charge in [0, 0.05) is 25.8 Å². The minimum absolute atomic E-state index is 0.175. The Labute approximate surface area is 143 Å². The molecule has 6 nitrogen and oxygen atoms in total. The number of carbonyl (C=O) groups is 1. The molecule has 0 unspecified atom stereocenters. The predicted octanol–water partition coefficient (Wildman–Crippen LogP) is 2.95. The lowest BCUT2D eigenvalue weighted by Gasteiger charge is -2.06. The SMILES string of the molecule is CCn1cc(Br)c(C(=O)NCCCn2nc(C)c(Cl)c2C)n1. The molecule has 2 rings (SSSR count). The summed E-state index contributed by atoms with van der Waals surface area (Å²) in [5.41, 5.74) is 2.20. The average molecular weight is 389 g/mol. The number of aromatic nitrogens is 4. The molecule has 0 atom stereocenters. The molecule has 0 fully saturated rings. The molecule has 0 aliphatic rings. The zero-order chi connectivity index (χ0) is 16.3. The Hall–Kier alpha value is -1.34. The Balaban J connectivity index is 1.84. The van der Waals surface area contributed by atoms with Crippen LogP contribution < -0.4 is 5.32 Å². The van der Waals surface area contributed by atoms with E-state index in [1.54, 1.807) is 10.9 Å². The molecule has 8 heteroatoms. The van der Waals surface area contributed by atoms with Crippen molar-refractivity contribution in [2.45, 2.75) is 40.3 Å². The number of hydrogen-bond donors (Lipinski definition) is 1. The normalized spacial score (nSPS) is 11.0. The number of aryl methyl sites for hydroxylation is 3. The minimum atomic E-state index is -0.175. The lowest BCUT2D eigenvalue weighted by molar-refractivity contribution is 0.0946. The van der Waals surface area contributed by atoms with Crippen LogP contribution >= 0.6 is 27.5 Å². The van der Waals surface area contributed by atoms with Crippen LogP contribution in [0, 0.1) is 13.8 Å². The largest absolute Gasteiger partial charge is 0.351 e. The second kappa shape index (κ2) is 7.28. The number of halogens is 2. The van der Waals surface area contributed by atoms with Gasteiger partial charge in [0.15, 0.2) is 5.69 Å². The summed E-state index contributed by atoms with van der Waals surface area (Å²) in [6.45, 7) is 7.79. The highest BCUT2D eigenvalue weighted by molar-refractivity contribution is 9.10. The van der Waals surface area contributed by atoms with Gasteiger partial charge in [-0.1, -0.05) is 11.6 Å². The predicted molar refractivity (Wildman–Crippen MR) is 89.3 cm³/mol. The first-order valence-electron chi connectivity index (χ1n) is 7.14. The summed E-state index contributed by atoms with van der Waals surface area (Å²) < 4.78 is 4.29. The first-order chi connectivity index (χ1) is 10.4. The second-order valence-electron chi connectivity index (χ2n) is 5.00. The van der Waals surface area contributed by atoms with E-state index in [1.165, 1.54) is 0 Å². The molecular weight excluding hydrogens is 370 g/mol. The molecule has 0 spiro atoms. The summed E-state index contributed by atoms with van der Waals surface area (Å²) >= 11 is 9.46. The number of amides is 1. The standard InChI is InChI=1S/C14H19BrClN5O/c1-4-20-8-11(15)13(19-20)14(22)17-6-5-7-21-10(3)12(16)9(2)18-21/h8H,4-7H2,1-3H3,(H,17,22). The van der Waals surface area contributed by atoms with Crippen LogP contribution in [0.3, 0.4) is 0 Å². The highest BCUT2D eigenvalue weighted by atomic mass is 79.9. The first kappa shape index (κ1) is 17.0. The lowest BCUT2D eigenvalue weighted by atomic mass is 10.3. The fourth-order valence-electron chi connectivity index (χ4n) is 2.12. The lowest BCUT2D eigenvalue weighted by Crippen LogP contribution is -2.26. The van der Waals surface area contributed by atoms with Crippen LogP contribution in [0.4, 0.5) is 0 Å². The molecule has 0 radical (unpaired) electrons. The van der Waals surface area contributed by atoms with Crippen molar-refractivity contribution in [3.8, 4) is 0 Å². The van der Waals surface area contributed by atoms with E-state index in [-0.39, 0.29) is 5.91 Å². The molecule has 0 bridgehead atoms. The van der Waals surface area contributed by atoms with Crippen LogP contribution in [-0.2, 0) is 13.1 Å². The maximum Gasteiger partial charge on any atom is 0.272 e. The first-order valence-corrected chi connectivity index (χ1v) is 8.31. The Morgan fingerprint density at radius 2 is 2.14 bits per heavy atom. The summed E-state index contributed by atoms with van der Waals surface area (Å²) in [5.74, 6) is -0.175. The summed E-state index contributed by atoms with van der Waals surface area (Å²) in [7, 11) is 0. The quantitative estimate of drug-likeness (QED) is 0.774. The smallest absolute Gasteiger partial charge is 0.272 e. The van der Waals surface area contributed by atoms with E-state index in [2.05, 4.69) is 31.4 Å². The number of nitrogens with zero attached hydrogens (tertiary/aromatic N) is 4. The molecular formula is C14H19BrClN5O. The fraction of sp³-hybridized carbons (Fsp3) is 0.500. The molecule has 2 heterocycles. The Morgan fingerprint density at radius 1 is 1.41 bits per heavy atom. The van der Waals surface area contributed by atoms with Gasteiger partial charge in [-0.15, -0.1) is 0 Å². The highest BCUT2D eigenvalue weighted by Gasteiger charge is 2.14. The van der Waals surface area contributed by atoms with Gasteiger partial charge in [0.1, 0.15) is 0 Å². The van der Waals surface area contributed by atoms with Crippen LogP contribution in [0.2, 0.25) is 5.02 Å². The average Bonchev–Trinajstić information content (AvgIpc) is 2.99. The van der Waals surface area contributed by atoms with Crippen LogP contribution in [0.25, 0.3) is 0 Å². The molecule has 22 heavy (non-hydrogen) atoms. The molecule has 1 N–H and O–H groups in total. The minimum Gasteiger partial charge on any atom is -0.351 e. The Bertz CT molecular complexity index is 679. The molecule has 0 aliphatic heterocycles. The van der Waals surface area contributed by atoms with E-state index in [4.69, 9.17) is 11.6 Å². The number of hydrogen-bond acceptors (Lipinski definition) is 3. The van der Waals surface area contributed by atoms with Gasteiger partial charge in [-0.3, -0.25) is 14.2 Å². The Kier molecular flexibility index (Phi) is 5.63. The third kappa shape index (κ3) is 3.70. The van der Waals surface area contributed by atoms with E-state index in [0.717, 1.165) is 24.4 Å². The molecule has 1 amide bonds. The fourth-order valence-corrected chi connectivity index (χ4v) is 2.75. The van der Waals surface area contributed by atoms with Gasteiger partial charge in [0.05, 0.1) is 20.9 Å². The highest BCUT2D eigenvalue weighted by Crippen LogP contribution is 2.19. The molecule has 0 saturated heterocycles. The van der Waals surface area contributed by atoms with Crippen LogP contribution in [0.15, 0.2) is 10.7 Å². The molecule has 2 aromatic rings. The third-order valence-corrected chi connectivity index (χ3v) is 4.51. The summed E-state index contributed by atoms with van der Waals surface area (Å²) in [4.78, 5) is 12.1. The Morgan fingerprint density at radius 3 is 2.68 bits per heavy atom. The van der Waals surface area contributed by atoms with Crippen molar-refractivity contribution in [1.82, 2.24) is 24.9 Å². The monoisotopic (exact) mass is 387 g/mol. The maximum absolute atomic E-state index is 12.1. The van der Waals surface area contributed by atoms with Gasteiger partial charge >= 0.3 is 0 Å². The van der Waals surface area contributed by atoms with Gasteiger partial charge in [0.2, 0.25) is 0 Å².